The summed E-state index contributed by atoms with van der Waals surface area (Å²) in [5, 5.41) is 20.0. The molecule has 2 aromatic carbocycles. The van der Waals surface area contributed by atoms with Gasteiger partial charge in [-0.15, -0.1) is 0 Å². The van der Waals surface area contributed by atoms with Gasteiger partial charge in [-0.25, -0.2) is 9.48 Å². The molecule has 8 heteroatoms. The third-order valence-corrected chi connectivity index (χ3v) is 5.27. The molecule has 1 aromatic heterocycles. The van der Waals surface area contributed by atoms with Crippen LogP contribution in [-0.2, 0) is 4.79 Å². The van der Waals surface area contributed by atoms with Crippen LogP contribution in [0.3, 0.4) is 0 Å². The van der Waals surface area contributed by atoms with Gasteiger partial charge in [-0.1, -0.05) is 60.2 Å². The lowest BCUT2D eigenvalue weighted by molar-refractivity contribution is -0.132. The number of rotatable bonds is 5. The van der Waals surface area contributed by atoms with Crippen LogP contribution < -0.4 is 10.6 Å². The van der Waals surface area contributed by atoms with Gasteiger partial charge in [0, 0.05) is 10.7 Å². The van der Waals surface area contributed by atoms with Crippen LogP contribution >= 0.6 is 11.6 Å². The summed E-state index contributed by atoms with van der Waals surface area (Å²) < 4.78 is 1.57. The van der Waals surface area contributed by atoms with Crippen molar-refractivity contribution >= 4 is 41.1 Å². The first-order valence-corrected chi connectivity index (χ1v) is 9.90. The van der Waals surface area contributed by atoms with E-state index in [1.807, 2.05) is 49.4 Å². The number of aryl methyl sites for hydroxylation is 1. The molecule has 0 saturated heterocycles. The number of hydrogen-bond acceptors (Lipinski definition) is 4. The lowest BCUT2D eigenvalue weighted by Crippen LogP contribution is -2.24. The van der Waals surface area contributed by atoms with Crippen LogP contribution in [0.1, 0.15) is 27.5 Å². The van der Waals surface area contributed by atoms with Crippen LogP contribution in [0.5, 0.6) is 0 Å². The minimum atomic E-state index is -1.12. The average molecular weight is 435 g/mol. The van der Waals surface area contributed by atoms with E-state index in [0.717, 1.165) is 11.1 Å². The lowest BCUT2D eigenvalue weighted by atomic mass is 10.1. The van der Waals surface area contributed by atoms with Gasteiger partial charge in [0.15, 0.2) is 0 Å². The predicted molar refractivity (Wildman–Crippen MR) is 120 cm³/mol. The number of carboxylic acid groups (broad SMARTS) is 1. The van der Waals surface area contributed by atoms with Crippen LogP contribution in [0.15, 0.2) is 72.6 Å². The van der Waals surface area contributed by atoms with Crippen molar-refractivity contribution in [3.05, 3.63) is 94.3 Å². The lowest BCUT2D eigenvalue weighted by Gasteiger charge is -2.22. The van der Waals surface area contributed by atoms with Gasteiger partial charge >= 0.3 is 5.97 Å². The summed E-state index contributed by atoms with van der Waals surface area (Å²) in [5.74, 6) is -1.24. The highest BCUT2D eigenvalue weighted by Gasteiger charge is 2.27. The Morgan fingerprint density at radius 1 is 1.23 bits per heavy atom. The summed E-state index contributed by atoms with van der Waals surface area (Å²) in [6.45, 7) is 1.87. The van der Waals surface area contributed by atoms with Gasteiger partial charge in [-0.3, -0.25) is 4.79 Å². The number of carboxylic acids is 1. The first-order chi connectivity index (χ1) is 14.9. The molecule has 0 bridgehead atoms. The van der Waals surface area contributed by atoms with Gasteiger partial charge < -0.3 is 15.7 Å². The second kappa shape index (κ2) is 8.49. The fraction of sp³-hybridized carbons (Fsp3) is 0.0870. The van der Waals surface area contributed by atoms with Crippen molar-refractivity contribution in [2.24, 2.45) is 0 Å². The summed E-state index contributed by atoms with van der Waals surface area (Å²) in [6, 6.07) is 14.4. The molecule has 1 amide bonds. The van der Waals surface area contributed by atoms with E-state index in [1.54, 1.807) is 29.0 Å². The molecule has 7 nitrogen and oxygen atoms in total. The zero-order chi connectivity index (χ0) is 22.0. The number of fused-ring (bicyclic) bond motifs is 1. The number of benzene rings is 2. The minimum absolute atomic E-state index is 0.0249. The van der Waals surface area contributed by atoms with Crippen molar-refractivity contribution in [1.29, 1.82) is 0 Å². The van der Waals surface area contributed by atoms with Crippen molar-refractivity contribution in [2.45, 2.75) is 13.0 Å². The van der Waals surface area contributed by atoms with Crippen molar-refractivity contribution in [3.63, 3.8) is 0 Å². The average Bonchev–Trinajstić information content (AvgIpc) is 3.19. The maximum atomic E-state index is 12.9. The zero-order valence-corrected chi connectivity index (χ0v) is 17.3. The third-order valence-electron chi connectivity index (χ3n) is 4.86. The maximum Gasteiger partial charge on any atom is 0.352 e. The quantitative estimate of drug-likeness (QED) is 0.538. The molecule has 0 radical (unpaired) electrons. The van der Waals surface area contributed by atoms with Crippen LogP contribution in [0, 0.1) is 6.92 Å². The number of anilines is 2. The van der Waals surface area contributed by atoms with E-state index in [4.69, 9.17) is 11.6 Å². The molecular weight excluding hydrogens is 416 g/mol. The molecule has 0 unspecified atom stereocenters. The Kier molecular flexibility index (Phi) is 5.60. The highest BCUT2D eigenvalue weighted by molar-refractivity contribution is 6.31. The van der Waals surface area contributed by atoms with Crippen molar-refractivity contribution in [2.75, 3.05) is 10.6 Å². The van der Waals surface area contributed by atoms with Crippen molar-refractivity contribution in [3.8, 4) is 0 Å². The number of amides is 1. The monoisotopic (exact) mass is 434 g/mol. The molecule has 1 aliphatic rings. The van der Waals surface area contributed by atoms with Gasteiger partial charge in [0.05, 0.1) is 12.2 Å². The Bertz CT molecular complexity index is 1210. The molecule has 0 spiro atoms. The van der Waals surface area contributed by atoms with Gasteiger partial charge in [-0.05, 0) is 36.3 Å². The van der Waals surface area contributed by atoms with E-state index in [0.29, 0.717) is 16.5 Å². The molecule has 0 fully saturated rings. The topological polar surface area (TPSA) is 96.3 Å². The SMILES string of the molecule is Cc1ccc(NC(=O)c2cnn3c2NC(C(=O)O)=C[C@@H]3/C=C/c2ccccc2)cc1Cl. The van der Waals surface area contributed by atoms with Crippen LogP contribution in [-0.4, -0.2) is 26.8 Å². The minimum Gasteiger partial charge on any atom is -0.477 e. The zero-order valence-electron chi connectivity index (χ0n) is 16.5. The molecule has 2 heterocycles. The Balaban J connectivity index is 1.64. The van der Waals surface area contributed by atoms with E-state index in [9.17, 15) is 14.7 Å². The van der Waals surface area contributed by atoms with Crippen LogP contribution in [0.2, 0.25) is 5.02 Å². The number of allylic oxidation sites excluding steroid dienone is 2. The summed E-state index contributed by atoms with van der Waals surface area (Å²) in [5.41, 5.74) is 2.60. The number of carbonyl (C=O) groups excluding carboxylic acids is 1. The largest absolute Gasteiger partial charge is 0.477 e. The van der Waals surface area contributed by atoms with E-state index >= 15 is 0 Å². The summed E-state index contributed by atoms with van der Waals surface area (Å²) in [4.78, 5) is 24.5. The first kappa shape index (κ1) is 20.4. The molecule has 1 aliphatic heterocycles. The summed E-state index contributed by atoms with van der Waals surface area (Å²) in [7, 11) is 0. The number of aliphatic carboxylic acids is 1. The molecule has 3 N–H and O–H groups in total. The fourth-order valence-electron chi connectivity index (χ4n) is 3.19. The Morgan fingerprint density at radius 2 is 2.00 bits per heavy atom. The highest BCUT2D eigenvalue weighted by atomic mass is 35.5. The molecule has 31 heavy (non-hydrogen) atoms. The van der Waals surface area contributed by atoms with E-state index in [1.165, 1.54) is 6.20 Å². The molecule has 4 rings (SSSR count). The summed E-state index contributed by atoms with van der Waals surface area (Å²) in [6.07, 6.45) is 6.67. The Morgan fingerprint density at radius 3 is 2.71 bits per heavy atom. The van der Waals surface area contributed by atoms with Gasteiger partial charge in [0.25, 0.3) is 5.91 Å². The number of nitrogens with zero attached hydrogens (tertiary/aromatic N) is 2. The van der Waals surface area contributed by atoms with Crippen LogP contribution in [0.4, 0.5) is 11.5 Å². The molecule has 0 aliphatic carbocycles. The highest BCUT2D eigenvalue weighted by Crippen LogP contribution is 2.30. The van der Waals surface area contributed by atoms with Gasteiger partial charge in [0.2, 0.25) is 0 Å². The van der Waals surface area contributed by atoms with Gasteiger partial charge in [0.1, 0.15) is 17.1 Å². The molecule has 156 valence electrons. The van der Waals surface area contributed by atoms with E-state index < -0.39 is 17.9 Å². The molecule has 1 atom stereocenters. The van der Waals surface area contributed by atoms with Crippen LogP contribution in [0.25, 0.3) is 6.08 Å². The number of halogens is 1. The first-order valence-electron chi connectivity index (χ1n) is 9.53. The van der Waals surface area contributed by atoms with Gasteiger partial charge in [-0.2, -0.15) is 5.10 Å². The maximum absolute atomic E-state index is 12.9. The van der Waals surface area contributed by atoms with Crippen molar-refractivity contribution < 1.29 is 14.7 Å². The molecule has 3 aromatic rings. The number of nitrogens with one attached hydrogen (secondary N) is 2. The Labute approximate surface area is 183 Å². The second-order valence-electron chi connectivity index (χ2n) is 7.04. The van der Waals surface area contributed by atoms with E-state index in [-0.39, 0.29) is 11.3 Å². The molecular formula is C23H19ClN4O3. The number of carbonyl (C=O) groups is 2. The number of hydrogen-bond donors (Lipinski definition) is 3. The second-order valence-corrected chi connectivity index (χ2v) is 7.45. The number of aromatic nitrogens is 2. The standard InChI is InChI=1S/C23H19ClN4O3/c1-14-7-9-16(11-19(14)24)26-22(29)18-13-25-28-17(10-8-15-5-3-2-4-6-15)12-20(23(30)31)27-21(18)28/h2-13,17,27H,1H3,(H,26,29)(H,30,31)/b10-8+/t17-/m0/s1. The summed E-state index contributed by atoms with van der Waals surface area (Å²) >= 11 is 6.14. The fourth-order valence-corrected chi connectivity index (χ4v) is 3.37. The normalized spacial score (nSPS) is 15.2. The van der Waals surface area contributed by atoms with E-state index in [2.05, 4.69) is 15.7 Å². The third kappa shape index (κ3) is 4.36. The molecule has 0 saturated carbocycles. The Hall–Kier alpha value is -3.84. The smallest absolute Gasteiger partial charge is 0.352 e. The van der Waals surface area contributed by atoms with Crippen molar-refractivity contribution in [1.82, 2.24) is 9.78 Å². The predicted octanol–water partition coefficient (Wildman–Crippen LogP) is 4.75.